The predicted octanol–water partition coefficient (Wildman–Crippen LogP) is 3.87. The summed E-state index contributed by atoms with van der Waals surface area (Å²) in [6.07, 6.45) is 4.04. The molecule has 2 rings (SSSR count). The molecule has 3 nitrogen and oxygen atoms in total. The first kappa shape index (κ1) is 13.7. The molecule has 0 saturated heterocycles. The molecular formula is C16H23N3. The molecule has 102 valence electrons. The van der Waals surface area contributed by atoms with Gasteiger partial charge in [-0.05, 0) is 51.8 Å². The SMILES string of the molecule is Cc1cccc(NCc2cnn(C(C)(C)C)c2)c1C. The maximum atomic E-state index is 4.42. The Morgan fingerprint density at radius 2 is 1.95 bits per heavy atom. The van der Waals surface area contributed by atoms with Crippen LogP contribution in [0.4, 0.5) is 5.69 Å². The number of hydrogen-bond donors (Lipinski definition) is 1. The first-order valence-corrected chi connectivity index (χ1v) is 6.72. The van der Waals surface area contributed by atoms with Crippen molar-refractivity contribution in [2.75, 3.05) is 5.32 Å². The predicted molar refractivity (Wildman–Crippen MR) is 80.5 cm³/mol. The summed E-state index contributed by atoms with van der Waals surface area (Å²) in [6.45, 7) is 11.6. The molecule has 0 bridgehead atoms. The van der Waals surface area contributed by atoms with Crippen molar-refractivity contribution < 1.29 is 0 Å². The van der Waals surface area contributed by atoms with Crippen molar-refractivity contribution >= 4 is 5.69 Å². The van der Waals surface area contributed by atoms with Crippen LogP contribution < -0.4 is 5.32 Å². The molecule has 0 atom stereocenters. The van der Waals surface area contributed by atoms with Crippen LogP contribution in [0.2, 0.25) is 0 Å². The average Bonchev–Trinajstić information content (AvgIpc) is 2.79. The first-order valence-electron chi connectivity index (χ1n) is 6.72. The van der Waals surface area contributed by atoms with E-state index in [1.807, 2.05) is 10.9 Å². The van der Waals surface area contributed by atoms with Gasteiger partial charge < -0.3 is 5.32 Å². The number of benzene rings is 1. The van der Waals surface area contributed by atoms with Crippen LogP contribution in [0.25, 0.3) is 0 Å². The van der Waals surface area contributed by atoms with Crippen molar-refractivity contribution in [1.82, 2.24) is 9.78 Å². The van der Waals surface area contributed by atoms with Crippen LogP contribution in [-0.4, -0.2) is 9.78 Å². The second kappa shape index (κ2) is 5.08. The maximum absolute atomic E-state index is 4.42. The molecule has 1 aromatic heterocycles. The van der Waals surface area contributed by atoms with Crippen molar-refractivity contribution in [3.8, 4) is 0 Å². The molecule has 0 amide bonds. The Bertz CT molecular complexity index is 562. The number of nitrogens with one attached hydrogen (secondary N) is 1. The number of hydrogen-bond acceptors (Lipinski definition) is 2. The van der Waals surface area contributed by atoms with E-state index in [0.717, 1.165) is 6.54 Å². The minimum absolute atomic E-state index is 0.0392. The van der Waals surface area contributed by atoms with E-state index >= 15 is 0 Å². The molecule has 0 unspecified atom stereocenters. The van der Waals surface area contributed by atoms with Gasteiger partial charge in [-0.3, -0.25) is 4.68 Å². The number of nitrogens with zero attached hydrogens (tertiary/aromatic N) is 2. The lowest BCUT2D eigenvalue weighted by atomic mass is 10.1. The number of rotatable bonds is 3. The lowest BCUT2D eigenvalue weighted by molar-refractivity contribution is 0.355. The number of anilines is 1. The van der Waals surface area contributed by atoms with Gasteiger partial charge >= 0.3 is 0 Å². The smallest absolute Gasteiger partial charge is 0.0543 e. The Balaban J connectivity index is 2.07. The lowest BCUT2D eigenvalue weighted by Crippen LogP contribution is -2.21. The van der Waals surface area contributed by atoms with Crippen LogP contribution in [-0.2, 0) is 12.1 Å². The second-order valence-electron chi connectivity index (χ2n) is 6.06. The van der Waals surface area contributed by atoms with Gasteiger partial charge in [0.2, 0.25) is 0 Å². The van der Waals surface area contributed by atoms with E-state index < -0.39 is 0 Å². The van der Waals surface area contributed by atoms with Crippen LogP contribution in [0.1, 0.15) is 37.5 Å². The monoisotopic (exact) mass is 257 g/mol. The minimum atomic E-state index is 0.0392. The summed E-state index contributed by atoms with van der Waals surface area (Å²) in [7, 11) is 0. The zero-order valence-electron chi connectivity index (χ0n) is 12.5. The molecule has 0 radical (unpaired) electrons. The van der Waals surface area contributed by atoms with Crippen LogP contribution in [0.3, 0.4) is 0 Å². The van der Waals surface area contributed by atoms with E-state index in [9.17, 15) is 0 Å². The summed E-state index contributed by atoms with van der Waals surface area (Å²) in [6, 6.07) is 6.35. The van der Waals surface area contributed by atoms with Gasteiger partial charge in [-0.15, -0.1) is 0 Å². The molecule has 1 N–H and O–H groups in total. The van der Waals surface area contributed by atoms with E-state index in [2.05, 4.69) is 69.4 Å². The minimum Gasteiger partial charge on any atom is -0.381 e. The Morgan fingerprint density at radius 1 is 1.21 bits per heavy atom. The highest BCUT2D eigenvalue weighted by Gasteiger charge is 2.13. The zero-order valence-corrected chi connectivity index (χ0v) is 12.5. The Hall–Kier alpha value is -1.77. The number of aryl methyl sites for hydroxylation is 1. The van der Waals surface area contributed by atoms with Crippen molar-refractivity contribution in [3.05, 3.63) is 47.3 Å². The third kappa shape index (κ3) is 3.16. The molecule has 1 aromatic carbocycles. The van der Waals surface area contributed by atoms with Gasteiger partial charge in [0.15, 0.2) is 0 Å². The molecule has 1 heterocycles. The zero-order chi connectivity index (χ0) is 14.0. The number of aromatic nitrogens is 2. The normalized spacial score (nSPS) is 11.6. The highest BCUT2D eigenvalue weighted by molar-refractivity contribution is 5.53. The standard InChI is InChI=1S/C16H23N3/c1-12-7-6-8-15(13(12)2)17-9-14-10-18-19(11-14)16(3,4)5/h6-8,10-11,17H,9H2,1-5H3. The van der Waals surface area contributed by atoms with Gasteiger partial charge in [0.25, 0.3) is 0 Å². The van der Waals surface area contributed by atoms with Crippen molar-refractivity contribution in [3.63, 3.8) is 0 Å². The van der Waals surface area contributed by atoms with Crippen LogP contribution >= 0.6 is 0 Å². The van der Waals surface area contributed by atoms with Crippen molar-refractivity contribution in [2.45, 2.75) is 46.7 Å². The van der Waals surface area contributed by atoms with Crippen LogP contribution in [0.5, 0.6) is 0 Å². The molecule has 0 fully saturated rings. The summed E-state index contributed by atoms with van der Waals surface area (Å²) < 4.78 is 2.01. The van der Waals surface area contributed by atoms with Gasteiger partial charge in [0, 0.05) is 24.0 Å². The molecule has 2 aromatic rings. The van der Waals surface area contributed by atoms with Crippen LogP contribution in [0.15, 0.2) is 30.6 Å². The maximum Gasteiger partial charge on any atom is 0.0543 e. The largest absolute Gasteiger partial charge is 0.381 e. The first-order chi connectivity index (χ1) is 8.88. The average molecular weight is 257 g/mol. The third-order valence-corrected chi connectivity index (χ3v) is 3.41. The third-order valence-electron chi connectivity index (χ3n) is 3.41. The summed E-state index contributed by atoms with van der Waals surface area (Å²) in [5.41, 5.74) is 5.07. The van der Waals surface area contributed by atoms with Gasteiger partial charge in [-0.2, -0.15) is 5.10 Å². The van der Waals surface area contributed by atoms with E-state index in [-0.39, 0.29) is 5.54 Å². The summed E-state index contributed by atoms with van der Waals surface area (Å²) in [5.74, 6) is 0. The van der Waals surface area contributed by atoms with Crippen LogP contribution in [0, 0.1) is 13.8 Å². The van der Waals surface area contributed by atoms with E-state index in [1.54, 1.807) is 0 Å². The summed E-state index contributed by atoms with van der Waals surface area (Å²) >= 11 is 0. The molecule has 0 saturated carbocycles. The van der Waals surface area contributed by atoms with E-state index in [1.165, 1.54) is 22.4 Å². The Morgan fingerprint density at radius 3 is 2.58 bits per heavy atom. The lowest BCUT2D eigenvalue weighted by Gasteiger charge is -2.18. The van der Waals surface area contributed by atoms with E-state index in [0.29, 0.717) is 0 Å². The van der Waals surface area contributed by atoms with Crippen molar-refractivity contribution in [1.29, 1.82) is 0 Å². The molecular weight excluding hydrogens is 234 g/mol. The summed E-state index contributed by atoms with van der Waals surface area (Å²) in [4.78, 5) is 0. The van der Waals surface area contributed by atoms with Gasteiger partial charge in [0.1, 0.15) is 0 Å². The molecule has 0 aliphatic carbocycles. The molecule has 0 spiro atoms. The van der Waals surface area contributed by atoms with Gasteiger partial charge in [0.05, 0.1) is 11.7 Å². The summed E-state index contributed by atoms with van der Waals surface area (Å²) in [5, 5.41) is 7.90. The fraction of sp³-hybridized carbons (Fsp3) is 0.438. The second-order valence-corrected chi connectivity index (χ2v) is 6.06. The highest BCUT2D eigenvalue weighted by Crippen LogP contribution is 2.19. The fourth-order valence-electron chi connectivity index (χ4n) is 1.96. The highest BCUT2D eigenvalue weighted by atomic mass is 15.3. The van der Waals surface area contributed by atoms with Crippen molar-refractivity contribution in [2.24, 2.45) is 0 Å². The molecule has 0 aliphatic rings. The van der Waals surface area contributed by atoms with Gasteiger partial charge in [-0.1, -0.05) is 12.1 Å². The Kier molecular flexibility index (Phi) is 3.65. The topological polar surface area (TPSA) is 29.9 Å². The molecule has 3 heteroatoms. The molecule has 0 aliphatic heterocycles. The fourth-order valence-corrected chi connectivity index (χ4v) is 1.96. The van der Waals surface area contributed by atoms with E-state index in [4.69, 9.17) is 0 Å². The molecule has 19 heavy (non-hydrogen) atoms. The Labute approximate surface area is 115 Å². The quantitative estimate of drug-likeness (QED) is 0.904. The van der Waals surface area contributed by atoms with Gasteiger partial charge in [-0.25, -0.2) is 0 Å².